The second-order valence-corrected chi connectivity index (χ2v) is 18.9. The number of likely N-dealkylation sites (N-methyl/N-ethyl adjacent to an activating group) is 1. The van der Waals surface area contributed by atoms with Crippen molar-refractivity contribution in [2.24, 2.45) is 0 Å². The van der Waals surface area contributed by atoms with Crippen molar-refractivity contribution in [2.75, 3.05) is 47.5 Å². The van der Waals surface area contributed by atoms with Gasteiger partial charge in [-0.3, -0.25) is 18.6 Å². The number of phosphoric ester groups is 1. The first-order chi connectivity index (χ1) is 30.0. The number of hydrogen-bond donors (Lipinski definition) is 1. The summed E-state index contributed by atoms with van der Waals surface area (Å²) in [5.41, 5.74) is 0. The predicted octanol–water partition coefficient (Wildman–Crippen LogP) is 14.6. The van der Waals surface area contributed by atoms with Crippen LogP contribution in [0.25, 0.3) is 0 Å². The largest absolute Gasteiger partial charge is 0.472 e. The number of quaternary nitrogens is 1. The van der Waals surface area contributed by atoms with Crippen LogP contribution in [-0.2, 0) is 32.7 Å². The summed E-state index contributed by atoms with van der Waals surface area (Å²) >= 11 is 0. The third kappa shape index (κ3) is 46.9. The highest BCUT2D eigenvalue weighted by atomic mass is 31.2. The average Bonchev–Trinajstić information content (AvgIpc) is 3.23. The van der Waals surface area contributed by atoms with Crippen LogP contribution in [0.15, 0.2) is 72.9 Å². The van der Waals surface area contributed by atoms with E-state index in [1.54, 1.807) is 0 Å². The number of ether oxygens (including phenoxy) is 2. The van der Waals surface area contributed by atoms with Gasteiger partial charge in [0.15, 0.2) is 6.10 Å². The topological polar surface area (TPSA) is 108 Å². The molecule has 0 saturated carbocycles. The van der Waals surface area contributed by atoms with Crippen LogP contribution in [0.1, 0.15) is 194 Å². The SMILES string of the molecule is CCCCC/C=C\C/C=C\C/C=C\CCCCCCCCC(=O)OCC(COP(=O)(O)OCC[N+](C)(C)C)OC(=O)CCCCCCCC/C=C\C/C=C\C/C=C\CCCCC. The number of nitrogens with zero attached hydrogens (tertiary/aromatic N) is 1. The minimum atomic E-state index is -4.39. The highest BCUT2D eigenvalue weighted by Crippen LogP contribution is 2.43. The van der Waals surface area contributed by atoms with Crippen molar-refractivity contribution in [1.29, 1.82) is 0 Å². The Labute approximate surface area is 380 Å². The minimum absolute atomic E-state index is 0.0230. The summed E-state index contributed by atoms with van der Waals surface area (Å²) in [5.74, 6) is -0.831. The molecule has 0 aliphatic carbocycles. The van der Waals surface area contributed by atoms with Gasteiger partial charge >= 0.3 is 19.8 Å². The number of carbonyl (C=O) groups is 2. The first-order valence-electron chi connectivity index (χ1n) is 24.7. The number of esters is 2. The molecule has 0 aromatic heterocycles. The van der Waals surface area contributed by atoms with Crippen molar-refractivity contribution in [1.82, 2.24) is 0 Å². The van der Waals surface area contributed by atoms with Gasteiger partial charge in [0.25, 0.3) is 0 Å². The molecule has 0 aromatic rings. The first kappa shape index (κ1) is 59.5. The van der Waals surface area contributed by atoms with Gasteiger partial charge in [-0.1, -0.05) is 164 Å². The molecule has 10 heteroatoms. The molecule has 0 heterocycles. The number of hydrogen-bond acceptors (Lipinski definition) is 7. The standard InChI is InChI=1S/C52H92NO8P/c1-6-8-10-12-14-16-18-20-22-24-26-28-30-32-34-36-38-40-42-44-51(54)58-48-50(49-60-62(56,57)59-47-46-53(3,4)5)61-52(55)45-43-41-39-37-35-33-31-29-27-25-23-21-19-17-15-13-11-9-7-2/h14-17,20-23,26-29,50H,6-13,18-19,24-25,30-49H2,1-5H3/p+1/b16-14-,17-15-,22-20-,23-21-,28-26-,29-27-. The summed E-state index contributed by atoms with van der Waals surface area (Å²) < 4.78 is 34.4. The molecule has 0 rings (SSSR count). The van der Waals surface area contributed by atoms with E-state index in [1.165, 1.54) is 64.2 Å². The molecule has 358 valence electrons. The van der Waals surface area contributed by atoms with E-state index in [0.29, 0.717) is 17.4 Å². The van der Waals surface area contributed by atoms with Crippen LogP contribution in [0.4, 0.5) is 0 Å². The maximum absolute atomic E-state index is 12.7. The summed E-state index contributed by atoms with van der Waals surface area (Å²) in [6.45, 7) is 4.33. The lowest BCUT2D eigenvalue weighted by atomic mass is 10.1. The summed E-state index contributed by atoms with van der Waals surface area (Å²) in [6.07, 6.45) is 55.1. The van der Waals surface area contributed by atoms with E-state index in [1.807, 2.05) is 21.1 Å². The lowest BCUT2D eigenvalue weighted by Gasteiger charge is -2.24. The molecule has 1 N–H and O–H groups in total. The monoisotopic (exact) mass is 891 g/mol. The van der Waals surface area contributed by atoms with E-state index in [2.05, 4.69) is 86.8 Å². The summed E-state index contributed by atoms with van der Waals surface area (Å²) in [4.78, 5) is 35.5. The zero-order valence-electron chi connectivity index (χ0n) is 40.3. The van der Waals surface area contributed by atoms with Crippen molar-refractivity contribution >= 4 is 19.8 Å². The fourth-order valence-electron chi connectivity index (χ4n) is 6.32. The molecule has 62 heavy (non-hydrogen) atoms. The van der Waals surface area contributed by atoms with Crippen LogP contribution in [0.3, 0.4) is 0 Å². The molecular formula is C52H93NO8P+. The second-order valence-electron chi connectivity index (χ2n) is 17.5. The van der Waals surface area contributed by atoms with Crippen LogP contribution >= 0.6 is 7.82 Å². The van der Waals surface area contributed by atoms with Crippen LogP contribution in [0.2, 0.25) is 0 Å². The van der Waals surface area contributed by atoms with Gasteiger partial charge in [0.05, 0.1) is 27.7 Å². The van der Waals surface area contributed by atoms with Crippen LogP contribution < -0.4 is 0 Å². The van der Waals surface area contributed by atoms with E-state index < -0.39 is 26.5 Å². The van der Waals surface area contributed by atoms with Gasteiger partial charge in [0, 0.05) is 12.8 Å². The molecule has 9 nitrogen and oxygen atoms in total. The Bertz CT molecular complexity index is 1280. The summed E-state index contributed by atoms with van der Waals surface area (Å²) in [6, 6.07) is 0. The Kier molecular flexibility index (Phi) is 41.9. The third-order valence-electron chi connectivity index (χ3n) is 10.2. The van der Waals surface area contributed by atoms with Crippen LogP contribution in [0, 0.1) is 0 Å². The molecular weight excluding hydrogens is 798 g/mol. The Hall–Kier alpha value is -2.55. The molecule has 2 unspecified atom stereocenters. The lowest BCUT2D eigenvalue weighted by molar-refractivity contribution is -0.870. The highest BCUT2D eigenvalue weighted by Gasteiger charge is 2.27. The van der Waals surface area contributed by atoms with Crippen molar-refractivity contribution < 1.29 is 42.1 Å². The lowest BCUT2D eigenvalue weighted by Crippen LogP contribution is -2.37. The molecule has 0 saturated heterocycles. The summed E-state index contributed by atoms with van der Waals surface area (Å²) in [5, 5.41) is 0. The molecule has 0 fully saturated rings. The highest BCUT2D eigenvalue weighted by molar-refractivity contribution is 7.47. The Balaban J connectivity index is 4.36. The van der Waals surface area contributed by atoms with Gasteiger partial charge in [0.2, 0.25) is 0 Å². The second kappa shape index (κ2) is 43.7. The fourth-order valence-corrected chi connectivity index (χ4v) is 7.06. The molecule has 0 aliphatic heterocycles. The molecule has 2 atom stereocenters. The Morgan fingerprint density at radius 1 is 0.500 bits per heavy atom. The minimum Gasteiger partial charge on any atom is -0.462 e. The van der Waals surface area contributed by atoms with E-state index in [9.17, 15) is 19.0 Å². The van der Waals surface area contributed by atoms with E-state index in [0.717, 1.165) is 96.3 Å². The zero-order valence-corrected chi connectivity index (χ0v) is 41.2. The fraction of sp³-hybridized carbons (Fsp3) is 0.731. The normalized spacial score (nSPS) is 14.1. The Morgan fingerprint density at radius 3 is 1.29 bits per heavy atom. The van der Waals surface area contributed by atoms with Gasteiger partial charge in [-0.2, -0.15) is 0 Å². The smallest absolute Gasteiger partial charge is 0.462 e. The maximum atomic E-state index is 12.7. The van der Waals surface area contributed by atoms with Gasteiger partial charge in [0.1, 0.15) is 19.8 Å². The van der Waals surface area contributed by atoms with Crippen molar-refractivity contribution in [3.63, 3.8) is 0 Å². The van der Waals surface area contributed by atoms with Crippen LogP contribution in [-0.4, -0.2) is 74.9 Å². The quantitative estimate of drug-likeness (QED) is 0.0212. The average molecular weight is 891 g/mol. The van der Waals surface area contributed by atoms with E-state index in [4.69, 9.17) is 18.5 Å². The van der Waals surface area contributed by atoms with E-state index >= 15 is 0 Å². The van der Waals surface area contributed by atoms with E-state index in [-0.39, 0.29) is 32.0 Å². The molecule has 0 spiro atoms. The first-order valence-corrected chi connectivity index (χ1v) is 26.2. The number of allylic oxidation sites excluding steroid dienone is 12. The Morgan fingerprint density at radius 2 is 0.871 bits per heavy atom. The van der Waals surface area contributed by atoms with Gasteiger partial charge in [-0.25, -0.2) is 4.57 Å². The van der Waals surface area contributed by atoms with Crippen molar-refractivity contribution in [3.8, 4) is 0 Å². The van der Waals surface area contributed by atoms with Gasteiger partial charge in [-0.15, -0.1) is 0 Å². The number of rotatable bonds is 44. The van der Waals surface area contributed by atoms with Crippen LogP contribution in [0.5, 0.6) is 0 Å². The van der Waals surface area contributed by atoms with Crippen molar-refractivity contribution in [3.05, 3.63) is 72.9 Å². The van der Waals surface area contributed by atoms with Gasteiger partial charge in [-0.05, 0) is 89.9 Å². The predicted molar refractivity (Wildman–Crippen MR) is 261 cm³/mol. The molecule has 0 bridgehead atoms. The molecule has 0 radical (unpaired) electrons. The third-order valence-corrected chi connectivity index (χ3v) is 11.2. The van der Waals surface area contributed by atoms with Crippen molar-refractivity contribution in [2.45, 2.75) is 200 Å². The number of phosphoric acid groups is 1. The maximum Gasteiger partial charge on any atom is 0.472 e. The molecule has 0 amide bonds. The summed E-state index contributed by atoms with van der Waals surface area (Å²) in [7, 11) is 1.45. The zero-order chi connectivity index (χ0) is 45.7. The molecule has 0 aliphatic rings. The number of carbonyl (C=O) groups excluding carboxylic acids is 2. The van der Waals surface area contributed by atoms with Gasteiger partial charge < -0.3 is 18.9 Å². The number of unbranched alkanes of at least 4 members (excludes halogenated alkanes) is 18. The molecule has 0 aromatic carbocycles.